The smallest absolute Gasteiger partial charge is 0.346 e. The Bertz CT molecular complexity index is 1110. The minimum Gasteiger partial charge on any atom is -0.477 e. The highest BCUT2D eigenvalue weighted by Crippen LogP contribution is 2.50. The molecule has 0 aliphatic carbocycles. The van der Waals surface area contributed by atoms with Gasteiger partial charge in [0.2, 0.25) is 5.91 Å². The van der Waals surface area contributed by atoms with E-state index in [0.717, 1.165) is 17.4 Å². The largest absolute Gasteiger partial charge is 0.477 e. The highest BCUT2D eigenvalue weighted by molar-refractivity contribution is 7.15. The predicted molar refractivity (Wildman–Crippen MR) is 103 cm³/mol. The summed E-state index contributed by atoms with van der Waals surface area (Å²) in [6.45, 7) is 0. The molecule has 0 fully saturated rings. The van der Waals surface area contributed by atoms with Gasteiger partial charge in [0, 0.05) is 27.8 Å². The van der Waals surface area contributed by atoms with E-state index in [1.54, 1.807) is 0 Å². The average Bonchev–Trinajstić information content (AvgIpc) is 3.01. The maximum atomic E-state index is 13.4. The number of anilines is 1. The lowest BCUT2D eigenvalue weighted by atomic mass is 9.88. The van der Waals surface area contributed by atoms with Crippen LogP contribution in [0.15, 0.2) is 42.5 Å². The molecule has 142 valence electrons. The molecule has 1 atom stereocenters. The Morgan fingerprint density at radius 3 is 2.46 bits per heavy atom. The summed E-state index contributed by atoms with van der Waals surface area (Å²) in [5.74, 6) is -2.93. The first-order valence-corrected chi connectivity index (χ1v) is 9.45. The second kappa shape index (κ2) is 7.00. The van der Waals surface area contributed by atoms with E-state index < -0.39 is 23.5 Å². The first-order valence-electron chi connectivity index (χ1n) is 8.26. The number of fused-ring (bicyclic) bond motifs is 1. The number of carbonyl (C=O) groups excluding carboxylic acids is 1. The maximum Gasteiger partial charge on any atom is 0.346 e. The molecule has 2 heterocycles. The number of nitrogens with one attached hydrogen (secondary N) is 1. The van der Waals surface area contributed by atoms with E-state index in [2.05, 4.69) is 5.32 Å². The molecule has 1 aromatic heterocycles. The van der Waals surface area contributed by atoms with Crippen LogP contribution >= 0.6 is 22.9 Å². The van der Waals surface area contributed by atoms with Crippen LogP contribution in [0.1, 0.15) is 32.5 Å². The molecule has 2 N–H and O–H groups in total. The highest BCUT2D eigenvalue weighted by Gasteiger charge is 2.35. The molecule has 0 unspecified atom stereocenters. The molecule has 2 aromatic carbocycles. The van der Waals surface area contributed by atoms with E-state index in [9.17, 15) is 23.5 Å². The van der Waals surface area contributed by atoms with Crippen molar-refractivity contribution in [3.8, 4) is 11.1 Å². The van der Waals surface area contributed by atoms with E-state index in [1.165, 1.54) is 36.4 Å². The first-order chi connectivity index (χ1) is 13.3. The van der Waals surface area contributed by atoms with Crippen LogP contribution < -0.4 is 5.32 Å². The number of halogens is 3. The van der Waals surface area contributed by atoms with Crippen molar-refractivity contribution in [2.45, 2.75) is 12.3 Å². The number of rotatable bonds is 3. The second-order valence-electron chi connectivity index (χ2n) is 6.33. The summed E-state index contributed by atoms with van der Waals surface area (Å²) >= 11 is 7.22. The predicted octanol–water partition coefficient (Wildman–Crippen LogP) is 5.52. The number of carboxylic acids is 1. The third-order valence-corrected chi connectivity index (χ3v) is 6.19. The van der Waals surface area contributed by atoms with Gasteiger partial charge >= 0.3 is 5.97 Å². The molecule has 0 bridgehead atoms. The fourth-order valence-corrected chi connectivity index (χ4v) is 4.90. The van der Waals surface area contributed by atoms with Gasteiger partial charge in [-0.05, 0) is 35.4 Å². The van der Waals surface area contributed by atoms with Gasteiger partial charge in [0.1, 0.15) is 16.5 Å². The van der Waals surface area contributed by atoms with E-state index in [4.69, 9.17) is 11.6 Å². The normalized spacial score (nSPS) is 15.8. The monoisotopic (exact) mass is 419 g/mol. The fraction of sp³-hybridized carbons (Fsp3) is 0.100. The number of benzene rings is 2. The Hall–Kier alpha value is -2.77. The van der Waals surface area contributed by atoms with Gasteiger partial charge in [-0.3, -0.25) is 4.79 Å². The molecule has 0 saturated carbocycles. The molecule has 3 aromatic rings. The quantitative estimate of drug-likeness (QED) is 0.587. The van der Waals surface area contributed by atoms with Gasteiger partial charge < -0.3 is 10.4 Å². The average molecular weight is 420 g/mol. The number of carbonyl (C=O) groups is 2. The topological polar surface area (TPSA) is 66.4 Å². The molecule has 1 amide bonds. The molecule has 8 heteroatoms. The van der Waals surface area contributed by atoms with Gasteiger partial charge in [-0.15, -0.1) is 11.3 Å². The van der Waals surface area contributed by atoms with Crippen molar-refractivity contribution in [2.75, 3.05) is 5.32 Å². The Labute approximate surface area is 167 Å². The number of thiophene rings is 1. The van der Waals surface area contributed by atoms with E-state index >= 15 is 0 Å². The van der Waals surface area contributed by atoms with Gasteiger partial charge in [0.05, 0.1) is 5.69 Å². The molecule has 0 saturated heterocycles. The molecule has 1 aliphatic rings. The third-order valence-electron chi connectivity index (χ3n) is 4.57. The van der Waals surface area contributed by atoms with Crippen molar-refractivity contribution in [3.05, 3.63) is 74.4 Å². The van der Waals surface area contributed by atoms with Crippen LogP contribution in [0, 0.1) is 11.6 Å². The van der Waals surface area contributed by atoms with Gasteiger partial charge in [0.15, 0.2) is 0 Å². The first kappa shape index (κ1) is 18.6. The van der Waals surface area contributed by atoms with Crippen LogP contribution in [0.3, 0.4) is 0 Å². The summed E-state index contributed by atoms with van der Waals surface area (Å²) in [5, 5.41) is 12.6. The molecule has 4 nitrogen and oxygen atoms in total. The number of hydrogen-bond acceptors (Lipinski definition) is 3. The van der Waals surface area contributed by atoms with Gasteiger partial charge in [0.25, 0.3) is 0 Å². The fourth-order valence-electron chi connectivity index (χ4n) is 3.36. The maximum absolute atomic E-state index is 13.4. The Morgan fingerprint density at radius 2 is 1.82 bits per heavy atom. The number of hydrogen-bond donors (Lipinski definition) is 2. The molecule has 28 heavy (non-hydrogen) atoms. The molecule has 0 spiro atoms. The lowest BCUT2D eigenvalue weighted by Crippen LogP contribution is -2.22. The van der Waals surface area contributed by atoms with Crippen LogP contribution in [0.4, 0.5) is 14.5 Å². The van der Waals surface area contributed by atoms with Crippen LogP contribution in [-0.2, 0) is 4.79 Å². The zero-order valence-electron chi connectivity index (χ0n) is 14.1. The summed E-state index contributed by atoms with van der Waals surface area (Å²) in [4.78, 5) is 24.9. The van der Waals surface area contributed by atoms with E-state index in [0.29, 0.717) is 27.3 Å². The SMILES string of the molecule is O=C1C[C@@H](c2ccc(F)cc2Cl)c2sc(C(=O)O)c(-c3ccc(F)cc3)c2N1. The van der Waals surface area contributed by atoms with Crippen molar-refractivity contribution < 1.29 is 23.5 Å². The molecule has 0 radical (unpaired) electrons. The number of carboxylic acid groups (broad SMARTS) is 1. The van der Waals surface area contributed by atoms with Crippen molar-refractivity contribution in [1.82, 2.24) is 0 Å². The molecular weight excluding hydrogens is 408 g/mol. The minimum atomic E-state index is -1.16. The third kappa shape index (κ3) is 3.16. The van der Waals surface area contributed by atoms with Crippen LogP contribution in [0.25, 0.3) is 11.1 Å². The van der Waals surface area contributed by atoms with Crippen molar-refractivity contribution in [1.29, 1.82) is 0 Å². The zero-order chi connectivity index (χ0) is 20.0. The van der Waals surface area contributed by atoms with Crippen LogP contribution in [-0.4, -0.2) is 17.0 Å². The summed E-state index contributed by atoms with van der Waals surface area (Å²) < 4.78 is 26.8. The standard InChI is InChI=1S/C20H12ClF2NO3S/c21-14-7-11(23)5-6-12(14)13-8-15(25)24-17-16(9-1-3-10(22)4-2-9)19(20(26)27)28-18(13)17/h1-7,13H,8H2,(H,24,25)(H,26,27)/t13-/m0/s1. The molecule has 4 rings (SSSR count). The minimum absolute atomic E-state index is 0.0297. The molecule has 1 aliphatic heterocycles. The Morgan fingerprint density at radius 1 is 1.14 bits per heavy atom. The van der Waals surface area contributed by atoms with Crippen molar-refractivity contribution >= 4 is 40.5 Å². The van der Waals surface area contributed by atoms with Gasteiger partial charge in [-0.2, -0.15) is 0 Å². The van der Waals surface area contributed by atoms with Crippen molar-refractivity contribution in [3.63, 3.8) is 0 Å². The summed E-state index contributed by atoms with van der Waals surface area (Å²) in [5.41, 5.74) is 1.71. The van der Waals surface area contributed by atoms with Crippen LogP contribution in [0.5, 0.6) is 0 Å². The second-order valence-corrected chi connectivity index (χ2v) is 7.79. The van der Waals surface area contributed by atoms with E-state index in [-0.39, 0.29) is 22.2 Å². The van der Waals surface area contributed by atoms with Gasteiger partial charge in [-0.25, -0.2) is 13.6 Å². The van der Waals surface area contributed by atoms with Gasteiger partial charge in [-0.1, -0.05) is 29.8 Å². The summed E-state index contributed by atoms with van der Waals surface area (Å²) in [6, 6.07) is 9.29. The van der Waals surface area contributed by atoms with E-state index in [1.807, 2.05) is 0 Å². The Kier molecular flexibility index (Phi) is 4.64. The highest BCUT2D eigenvalue weighted by atomic mass is 35.5. The zero-order valence-corrected chi connectivity index (χ0v) is 15.7. The Balaban J connectivity index is 1.94. The van der Waals surface area contributed by atoms with Crippen LogP contribution in [0.2, 0.25) is 5.02 Å². The molecular formula is C20H12ClF2NO3S. The van der Waals surface area contributed by atoms with Crippen molar-refractivity contribution in [2.24, 2.45) is 0 Å². The lowest BCUT2D eigenvalue weighted by Gasteiger charge is -2.24. The number of amides is 1. The summed E-state index contributed by atoms with van der Waals surface area (Å²) in [7, 11) is 0. The number of aromatic carboxylic acids is 1. The lowest BCUT2D eigenvalue weighted by molar-refractivity contribution is -0.116. The summed E-state index contributed by atoms with van der Waals surface area (Å²) in [6.07, 6.45) is 0.0563.